The van der Waals surface area contributed by atoms with E-state index in [0.29, 0.717) is 16.7 Å². The minimum Gasteiger partial charge on any atom is -0.384 e. The Bertz CT molecular complexity index is 567. The molecule has 2 aromatic rings. The van der Waals surface area contributed by atoms with Crippen molar-refractivity contribution in [1.82, 2.24) is 0 Å². The van der Waals surface area contributed by atoms with Crippen molar-refractivity contribution in [2.45, 2.75) is 13.0 Å². The number of rotatable bonds is 2. The average molecular weight is 269 g/mol. The second kappa shape index (κ2) is 5.04. The fourth-order valence-corrected chi connectivity index (χ4v) is 1.97. The third-order valence-electron chi connectivity index (χ3n) is 2.76. The standard InChI is InChI=1S/C14H11ClF2O/c1-8-6-11(12(15)7-13(8)17)14(18)9-2-4-10(16)5-3-9/h2-7,14,18H,1H3. The molecule has 0 saturated heterocycles. The zero-order chi connectivity index (χ0) is 13.3. The summed E-state index contributed by atoms with van der Waals surface area (Å²) in [6, 6.07) is 8.10. The molecular formula is C14H11ClF2O. The molecule has 18 heavy (non-hydrogen) atoms. The Labute approximate surface area is 109 Å². The molecule has 2 aromatic carbocycles. The molecule has 1 unspecified atom stereocenters. The molecule has 0 aliphatic rings. The molecule has 0 saturated carbocycles. The first-order chi connectivity index (χ1) is 8.49. The van der Waals surface area contributed by atoms with Gasteiger partial charge in [-0.05, 0) is 42.3 Å². The number of hydrogen-bond donors (Lipinski definition) is 1. The zero-order valence-electron chi connectivity index (χ0n) is 9.62. The highest BCUT2D eigenvalue weighted by Gasteiger charge is 2.16. The molecule has 0 aliphatic carbocycles. The fourth-order valence-electron chi connectivity index (χ4n) is 1.71. The molecule has 4 heteroatoms. The first-order valence-corrected chi connectivity index (χ1v) is 5.76. The molecule has 94 valence electrons. The summed E-state index contributed by atoms with van der Waals surface area (Å²) < 4.78 is 26.1. The van der Waals surface area contributed by atoms with Crippen LogP contribution in [0, 0.1) is 18.6 Å². The van der Waals surface area contributed by atoms with E-state index in [4.69, 9.17) is 11.6 Å². The average Bonchev–Trinajstić information content (AvgIpc) is 2.34. The molecule has 0 heterocycles. The molecule has 0 bridgehead atoms. The lowest BCUT2D eigenvalue weighted by atomic mass is 9.99. The van der Waals surface area contributed by atoms with Crippen molar-refractivity contribution in [3.8, 4) is 0 Å². The number of aliphatic hydroxyl groups is 1. The van der Waals surface area contributed by atoms with Crippen molar-refractivity contribution in [2.24, 2.45) is 0 Å². The molecule has 2 rings (SSSR count). The van der Waals surface area contributed by atoms with Crippen LogP contribution in [-0.2, 0) is 0 Å². The Balaban J connectivity index is 2.42. The molecule has 1 nitrogen and oxygen atoms in total. The van der Waals surface area contributed by atoms with Crippen LogP contribution in [0.5, 0.6) is 0 Å². The highest BCUT2D eigenvalue weighted by Crippen LogP contribution is 2.30. The maximum Gasteiger partial charge on any atom is 0.127 e. The van der Waals surface area contributed by atoms with Gasteiger partial charge in [-0.3, -0.25) is 0 Å². The van der Waals surface area contributed by atoms with Crippen LogP contribution in [0.2, 0.25) is 5.02 Å². The van der Waals surface area contributed by atoms with Gasteiger partial charge in [-0.15, -0.1) is 0 Å². The van der Waals surface area contributed by atoms with Gasteiger partial charge in [0.2, 0.25) is 0 Å². The van der Waals surface area contributed by atoms with Crippen LogP contribution in [0.25, 0.3) is 0 Å². The molecule has 0 aromatic heterocycles. The Morgan fingerprint density at radius 3 is 2.33 bits per heavy atom. The minimum absolute atomic E-state index is 0.148. The van der Waals surface area contributed by atoms with Gasteiger partial charge in [-0.2, -0.15) is 0 Å². The van der Waals surface area contributed by atoms with Gasteiger partial charge in [-0.1, -0.05) is 23.7 Å². The number of benzene rings is 2. The largest absolute Gasteiger partial charge is 0.384 e. The Kier molecular flexibility index (Phi) is 3.64. The third-order valence-corrected chi connectivity index (χ3v) is 3.09. The lowest BCUT2D eigenvalue weighted by molar-refractivity contribution is 0.220. The van der Waals surface area contributed by atoms with Crippen molar-refractivity contribution < 1.29 is 13.9 Å². The Morgan fingerprint density at radius 2 is 1.72 bits per heavy atom. The molecular weight excluding hydrogens is 258 g/mol. The third kappa shape index (κ3) is 2.52. The van der Waals surface area contributed by atoms with Gasteiger partial charge in [0, 0.05) is 10.6 Å². The lowest BCUT2D eigenvalue weighted by Gasteiger charge is -2.14. The summed E-state index contributed by atoms with van der Waals surface area (Å²) in [7, 11) is 0. The topological polar surface area (TPSA) is 20.2 Å². The van der Waals surface area contributed by atoms with Crippen LogP contribution in [0.3, 0.4) is 0 Å². The van der Waals surface area contributed by atoms with Gasteiger partial charge in [0.25, 0.3) is 0 Å². The second-order valence-corrected chi connectivity index (χ2v) is 4.48. The molecule has 1 atom stereocenters. The monoisotopic (exact) mass is 268 g/mol. The molecule has 0 fully saturated rings. The van der Waals surface area contributed by atoms with E-state index in [9.17, 15) is 13.9 Å². The summed E-state index contributed by atoms with van der Waals surface area (Å²) in [5.74, 6) is -0.803. The fraction of sp³-hybridized carbons (Fsp3) is 0.143. The summed E-state index contributed by atoms with van der Waals surface area (Å²) >= 11 is 5.90. The van der Waals surface area contributed by atoms with Gasteiger partial charge >= 0.3 is 0 Å². The Morgan fingerprint density at radius 1 is 1.11 bits per heavy atom. The van der Waals surface area contributed by atoms with Gasteiger partial charge in [0.15, 0.2) is 0 Å². The number of aryl methyl sites for hydroxylation is 1. The van der Waals surface area contributed by atoms with Crippen LogP contribution in [0.1, 0.15) is 22.8 Å². The summed E-state index contributed by atoms with van der Waals surface area (Å²) in [4.78, 5) is 0. The van der Waals surface area contributed by atoms with Gasteiger partial charge in [0.1, 0.15) is 17.7 Å². The van der Waals surface area contributed by atoms with Crippen LogP contribution in [0.4, 0.5) is 8.78 Å². The molecule has 1 N–H and O–H groups in total. The number of aliphatic hydroxyl groups excluding tert-OH is 1. The first kappa shape index (κ1) is 13.0. The van der Waals surface area contributed by atoms with Crippen LogP contribution in [-0.4, -0.2) is 5.11 Å². The van der Waals surface area contributed by atoms with E-state index in [1.54, 1.807) is 6.92 Å². The SMILES string of the molecule is Cc1cc(C(O)c2ccc(F)cc2)c(Cl)cc1F. The molecule has 0 radical (unpaired) electrons. The van der Waals surface area contributed by atoms with E-state index in [0.717, 1.165) is 0 Å². The molecule has 0 amide bonds. The van der Waals surface area contributed by atoms with Gasteiger partial charge in [0.05, 0.1) is 0 Å². The molecule has 0 aliphatic heterocycles. The summed E-state index contributed by atoms with van der Waals surface area (Å²) in [5, 5.41) is 10.3. The quantitative estimate of drug-likeness (QED) is 0.873. The van der Waals surface area contributed by atoms with E-state index >= 15 is 0 Å². The van der Waals surface area contributed by atoms with E-state index < -0.39 is 11.9 Å². The van der Waals surface area contributed by atoms with Gasteiger partial charge < -0.3 is 5.11 Å². The van der Waals surface area contributed by atoms with Crippen molar-refractivity contribution in [3.05, 3.63) is 69.7 Å². The van der Waals surface area contributed by atoms with Gasteiger partial charge in [-0.25, -0.2) is 8.78 Å². The van der Waals surface area contributed by atoms with Crippen molar-refractivity contribution >= 4 is 11.6 Å². The van der Waals surface area contributed by atoms with Crippen molar-refractivity contribution in [3.63, 3.8) is 0 Å². The van der Waals surface area contributed by atoms with Crippen LogP contribution < -0.4 is 0 Å². The molecule has 0 spiro atoms. The zero-order valence-corrected chi connectivity index (χ0v) is 10.4. The lowest BCUT2D eigenvalue weighted by Crippen LogP contribution is -2.02. The Hall–Kier alpha value is -1.45. The predicted molar refractivity (Wildman–Crippen MR) is 66.6 cm³/mol. The maximum absolute atomic E-state index is 13.3. The van der Waals surface area contributed by atoms with E-state index in [1.807, 2.05) is 0 Å². The minimum atomic E-state index is -1.00. The van der Waals surface area contributed by atoms with E-state index in [1.165, 1.54) is 36.4 Å². The smallest absolute Gasteiger partial charge is 0.127 e. The first-order valence-electron chi connectivity index (χ1n) is 5.38. The number of halogens is 3. The van der Waals surface area contributed by atoms with Crippen LogP contribution in [0.15, 0.2) is 36.4 Å². The summed E-state index contributed by atoms with van der Waals surface area (Å²) in [5.41, 5.74) is 1.31. The highest BCUT2D eigenvalue weighted by atomic mass is 35.5. The van der Waals surface area contributed by atoms with Crippen LogP contribution >= 0.6 is 11.6 Å². The summed E-state index contributed by atoms with van der Waals surface area (Å²) in [6.45, 7) is 1.59. The van der Waals surface area contributed by atoms with E-state index in [-0.39, 0.29) is 10.8 Å². The second-order valence-electron chi connectivity index (χ2n) is 4.08. The van der Waals surface area contributed by atoms with Crippen molar-refractivity contribution in [2.75, 3.05) is 0 Å². The normalized spacial score (nSPS) is 12.5. The van der Waals surface area contributed by atoms with E-state index in [2.05, 4.69) is 0 Å². The number of hydrogen-bond acceptors (Lipinski definition) is 1. The van der Waals surface area contributed by atoms with Crippen molar-refractivity contribution in [1.29, 1.82) is 0 Å². The highest BCUT2D eigenvalue weighted by molar-refractivity contribution is 6.31. The predicted octanol–water partition coefficient (Wildman–Crippen LogP) is 4.01. The summed E-state index contributed by atoms with van der Waals surface area (Å²) in [6.07, 6.45) is -1.00. The maximum atomic E-state index is 13.3.